The van der Waals surface area contributed by atoms with Gasteiger partial charge in [0, 0.05) is 10.9 Å². The van der Waals surface area contributed by atoms with Crippen LogP contribution in [0.25, 0.3) is 22.2 Å². The van der Waals surface area contributed by atoms with Gasteiger partial charge in [0.25, 0.3) is 0 Å². The molecule has 1 heterocycles. The Kier molecular flexibility index (Phi) is 4.84. The number of hydrogen-bond donors (Lipinski definition) is 2. The number of benzene rings is 2. The van der Waals surface area contributed by atoms with Gasteiger partial charge in [0.15, 0.2) is 0 Å². The number of anilines is 1. The van der Waals surface area contributed by atoms with Crippen LogP contribution in [0.2, 0.25) is 0 Å². The SMILES string of the molecule is CCCOC(=O)c1ccccc1-c1nc2ccccc2c(N)c1C(=O)O. The fourth-order valence-electron chi connectivity index (χ4n) is 2.79. The van der Waals surface area contributed by atoms with Gasteiger partial charge in [-0.05, 0) is 18.6 Å². The predicted molar refractivity (Wildman–Crippen MR) is 99.1 cm³/mol. The lowest BCUT2D eigenvalue weighted by Gasteiger charge is -2.14. The van der Waals surface area contributed by atoms with Crippen molar-refractivity contribution in [1.82, 2.24) is 4.98 Å². The van der Waals surface area contributed by atoms with Crippen LogP contribution in [0.1, 0.15) is 34.1 Å². The molecule has 6 nitrogen and oxygen atoms in total. The number of nitrogens with two attached hydrogens (primary N) is 1. The molecule has 0 spiro atoms. The average molecular weight is 350 g/mol. The lowest BCUT2D eigenvalue weighted by molar-refractivity contribution is 0.0505. The number of carboxylic acids is 1. The molecule has 3 aromatic rings. The summed E-state index contributed by atoms with van der Waals surface area (Å²) in [6.07, 6.45) is 0.690. The number of ether oxygens (including phenoxy) is 1. The van der Waals surface area contributed by atoms with Gasteiger partial charge in [0.2, 0.25) is 0 Å². The number of aromatic nitrogens is 1. The standard InChI is InChI=1S/C20H18N2O4/c1-2-11-26-20(25)13-8-4-3-7-12(13)18-16(19(23)24)17(21)14-9-5-6-10-15(14)22-18/h3-10H,2,11H2,1H3,(H2,21,22)(H,23,24). The summed E-state index contributed by atoms with van der Waals surface area (Å²) in [4.78, 5) is 28.8. The molecule has 3 N–H and O–H groups in total. The van der Waals surface area contributed by atoms with Crippen LogP contribution in [-0.2, 0) is 4.74 Å². The number of carboxylic acid groups (broad SMARTS) is 1. The van der Waals surface area contributed by atoms with E-state index < -0.39 is 11.9 Å². The highest BCUT2D eigenvalue weighted by Gasteiger charge is 2.23. The molecular formula is C20H18N2O4. The zero-order chi connectivity index (χ0) is 18.7. The summed E-state index contributed by atoms with van der Waals surface area (Å²) in [7, 11) is 0. The Morgan fingerprint density at radius 1 is 1.12 bits per heavy atom. The average Bonchev–Trinajstić information content (AvgIpc) is 2.65. The molecule has 0 amide bonds. The molecule has 2 aromatic carbocycles. The maximum atomic E-state index is 12.4. The molecule has 0 radical (unpaired) electrons. The molecule has 0 aliphatic carbocycles. The Morgan fingerprint density at radius 2 is 1.81 bits per heavy atom. The van der Waals surface area contributed by atoms with Crippen molar-refractivity contribution in [2.45, 2.75) is 13.3 Å². The van der Waals surface area contributed by atoms with Gasteiger partial charge < -0.3 is 15.6 Å². The number of carbonyl (C=O) groups excluding carboxylic acids is 1. The monoisotopic (exact) mass is 350 g/mol. The Bertz CT molecular complexity index is 998. The van der Waals surface area contributed by atoms with E-state index in [1.165, 1.54) is 0 Å². The van der Waals surface area contributed by atoms with E-state index in [0.717, 1.165) is 0 Å². The van der Waals surface area contributed by atoms with Crippen LogP contribution >= 0.6 is 0 Å². The second kappa shape index (κ2) is 7.23. The first-order chi connectivity index (χ1) is 12.5. The predicted octanol–water partition coefficient (Wildman–Crippen LogP) is 3.75. The first-order valence-electron chi connectivity index (χ1n) is 8.22. The van der Waals surface area contributed by atoms with Crippen LogP contribution in [0.15, 0.2) is 48.5 Å². The number of esters is 1. The van der Waals surface area contributed by atoms with E-state index in [9.17, 15) is 14.7 Å². The number of rotatable bonds is 5. The Hall–Kier alpha value is -3.41. The van der Waals surface area contributed by atoms with Crippen LogP contribution in [-0.4, -0.2) is 28.6 Å². The number of nitrogens with zero attached hydrogens (tertiary/aromatic N) is 1. The molecule has 132 valence electrons. The molecule has 0 aliphatic rings. The highest BCUT2D eigenvalue weighted by atomic mass is 16.5. The second-order valence-electron chi connectivity index (χ2n) is 5.75. The van der Waals surface area contributed by atoms with E-state index >= 15 is 0 Å². The summed E-state index contributed by atoms with van der Waals surface area (Å²) in [6, 6.07) is 13.7. The third-order valence-electron chi connectivity index (χ3n) is 3.99. The van der Waals surface area contributed by atoms with Crippen molar-refractivity contribution in [3.63, 3.8) is 0 Å². The van der Waals surface area contributed by atoms with Crippen molar-refractivity contribution >= 4 is 28.5 Å². The quantitative estimate of drug-likeness (QED) is 0.679. The van der Waals surface area contributed by atoms with Gasteiger partial charge in [0.05, 0.1) is 29.1 Å². The molecule has 0 saturated heterocycles. The van der Waals surface area contributed by atoms with Gasteiger partial charge >= 0.3 is 11.9 Å². The smallest absolute Gasteiger partial charge is 0.340 e. The first kappa shape index (κ1) is 17.4. The van der Waals surface area contributed by atoms with Crippen molar-refractivity contribution in [2.75, 3.05) is 12.3 Å². The number of hydrogen-bond acceptors (Lipinski definition) is 5. The largest absolute Gasteiger partial charge is 0.478 e. The Balaban J connectivity index is 2.28. The maximum absolute atomic E-state index is 12.4. The third kappa shape index (κ3) is 3.09. The topological polar surface area (TPSA) is 103 Å². The van der Waals surface area contributed by atoms with E-state index in [1.807, 2.05) is 6.92 Å². The number of aromatic carboxylic acids is 1. The molecule has 6 heteroatoms. The zero-order valence-corrected chi connectivity index (χ0v) is 14.2. The molecule has 0 atom stereocenters. The fourth-order valence-corrected chi connectivity index (χ4v) is 2.79. The minimum absolute atomic E-state index is 0.120. The minimum atomic E-state index is -1.20. The summed E-state index contributed by atoms with van der Waals surface area (Å²) >= 11 is 0. The van der Waals surface area contributed by atoms with Crippen LogP contribution in [0.5, 0.6) is 0 Å². The summed E-state index contributed by atoms with van der Waals surface area (Å²) in [5, 5.41) is 10.3. The number of carbonyl (C=O) groups is 2. The van der Waals surface area contributed by atoms with Crippen molar-refractivity contribution in [1.29, 1.82) is 0 Å². The summed E-state index contributed by atoms with van der Waals surface area (Å²) in [5.74, 6) is -1.72. The second-order valence-corrected chi connectivity index (χ2v) is 5.75. The van der Waals surface area contributed by atoms with E-state index in [1.54, 1.807) is 48.5 Å². The highest BCUT2D eigenvalue weighted by molar-refractivity contribution is 6.10. The maximum Gasteiger partial charge on any atom is 0.340 e. The highest BCUT2D eigenvalue weighted by Crippen LogP contribution is 2.33. The van der Waals surface area contributed by atoms with E-state index in [0.29, 0.717) is 22.9 Å². The van der Waals surface area contributed by atoms with Gasteiger partial charge in [-0.25, -0.2) is 14.6 Å². The summed E-state index contributed by atoms with van der Waals surface area (Å²) in [5.41, 5.74) is 7.46. The van der Waals surface area contributed by atoms with E-state index in [4.69, 9.17) is 10.5 Å². The van der Waals surface area contributed by atoms with Crippen molar-refractivity contribution < 1.29 is 19.4 Å². The van der Waals surface area contributed by atoms with Gasteiger partial charge in [-0.15, -0.1) is 0 Å². The minimum Gasteiger partial charge on any atom is -0.478 e. The Morgan fingerprint density at radius 3 is 2.54 bits per heavy atom. The molecule has 3 rings (SSSR count). The lowest BCUT2D eigenvalue weighted by Crippen LogP contribution is -2.11. The van der Waals surface area contributed by atoms with Gasteiger partial charge in [0.1, 0.15) is 5.56 Å². The van der Waals surface area contributed by atoms with Gasteiger partial charge in [-0.1, -0.05) is 43.3 Å². The number of nitrogen functional groups attached to an aromatic ring is 1. The van der Waals surface area contributed by atoms with Gasteiger partial charge in [-0.3, -0.25) is 0 Å². The van der Waals surface area contributed by atoms with Gasteiger partial charge in [-0.2, -0.15) is 0 Å². The van der Waals surface area contributed by atoms with E-state index in [-0.39, 0.29) is 29.1 Å². The summed E-state index contributed by atoms with van der Waals surface area (Å²) < 4.78 is 5.21. The third-order valence-corrected chi connectivity index (χ3v) is 3.99. The molecule has 0 aliphatic heterocycles. The number of fused-ring (bicyclic) bond motifs is 1. The fraction of sp³-hybridized carbons (Fsp3) is 0.150. The molecule has 0 unspecified atom stereocenters. The molecule has 0 fully saturated rings. The lowest BCUT2D eigenvalue weighted by atomic mass is 9.97. The van der Waals surface area contributed by atoms with Crippen molar-refractivity contribution in [3.8, 4) is 11.3 Å². The van der Waals surface area contributed by atoms with Crippen molar-refractivity contribution in [2.24, 2.45) is 0 Å². The first-order valence-corrected chi connectivity index (χ1v) is 8.22. The Labute approximate surface area is 150 Å². The molecule has 0 bridgehead atoms. The summed E-state index contributed by atoms with van der Waals surface area (Å²) in [6.45, 7) is 2.18. The van der Waals surface area contributed by atoms with Crippen LogP contribution < -0.4 is 5.73 Å². The molecule has 26 heavy (non-hydrogen) atoms. The van der Waals surface area contributed by atoms with Crippen LogP contribution in [0.3, 0.4) is 0 Å². The number of para-hydroxylation sites is 1. The molecule has 1 aromatic heterocycles. The van der Waals surface area contributed by atoms with E-state index in [2.05, 4.69) is 4.98 Å². The zero-order valence-electron chi connectivity index (χ0n) is 14.2. The van der Waals surface area contributed by atoms with Crippen LogP contribution in [0.4, 0.5) is 5.69 Å². The molecular weight excluding hydrogens is 332 g/mol. The normalized spacial score (nSPS) is 10.7. The van der Waals surface area contributed by atoms with Crippen molar-refractivity contribution in [3.05, 3.63) is 59.7 Å². The molecule has 0 saturated carbocycles. The van der Waals surface area contributed by atoms with Crippen LogP contribution in [0, 0.1) is 0 Å². The number of pyridine rings is 1.